The monoisotopic (exact) mass is 336 g/mol. The first-order chi connectivity index (χ1) is 12.1. The summed E-state index contributed by atoms with van der Waals surface area (Å²) in [5.41, 5.74) is 2.72. The van der Waals surface area contributed by atoms with E-state index < -0.39 is 17.9 Å². The van der Waals surface area contributed by atoms with Gasteiger partial charge in [0.15, 0.2) is 5.82 Å². The van der Waals surface area contributed by atoms with E-state index in [1.165, 1.54) is 12.3 Å². The van der Waals surface area contributed by atoms with Gasteiger partial charge in [-0.1, -0.05) is 35.9 Å². The summed E-state index contributed by atoms with van der Waals surface area (Å²) >= 11 is 0. The van der Waals surface area contributed by atoms with Gasteiger partial charge in [0, 0.05) is 12.4 Å². The molecule has 5 nitrogen and oxygen atoms in total. The third kappa shape index (κ3) is 4.17. The van der Waals surface area contributed by atoms with Crippen LogP contribution < -0.4 is 10.6 Å². The molecule has 2 aromatic heterocycles. The van der Waals surface area contributed by atoms with Crippen LogP contribution in [-0.4, -0.2) is 16.0 Å². The van der Waals surface area contributed by atoms with E-state index in [9.17, 15) is 9.18 Å². The second-order valence-corrected chi connectivity index (χ2v) is 5.56. The van der Waals surface area contributed by atoms with Gasteiger partial charge < -0.3 is 10.6 Å². The Morgan fingerprint density at radius 2 is 2.00 bits per heavy atom. The van der Waals surface area contributed by atoms with Crippen LogP contribution in [0.1, 0.15) is 22.9 Å². The molecular formula is C19H17FN4O. The first-order valence-electron chi connectivity index (χ1n) is 7.78. The molecule has 3 aromatic rings. The number of carbonyl (C=O) groups excluding carboxylic acids is 1. The van der Waals surface area contributed by atoms with Crippen molar-refractivity contribution in [2.24, 2.45) is 0 Å². The molecule has 1 aromatic carbocycles. The number of nitrogens with one attached hydrogen (secondary N) is 2. The van der Waals surface area contributed by atoms with Crippen LogP contribution in [0.3, 0.4) is 0 Å². The van der Waals surface area contributed by atoms with Gasteiger partial charge in [0.2, 0.25) is 0 Å². The number of aromatic nitrogens is 2. The molecule has 126 valence electrons. The molecule has 0 aliphatic carbocycles. The van der Waals surface area contributed by atoms with E-state index >= 15 is 0 Å². The molecule has 2 heterocycles. The van der Waals surface area contributed by atoms with Gasteiger partial charge in [-0.2, -0.15) is 0 Å². The summed E-state index contributed by atoms with van der Waals surface area (Å²) in [6, 6.07) is 13.7. The molecule has 0 aliphatic rings. The lowest BCUT2D eigenvalue weighted by molar-refractivity contribution is 0.249. The van der Waals surface area contributed by atoms with E-state index in [2.05, 4.69) is 20.6 Å². The molecule has 0 spiro atoms. The molecule has 0 fully saturated rings. The maximum absolute atomic E-state index is 13.7. The van der Waals surface area contributed by atoms with Gasteiger partial charge in [-0.15, -0.1) is 0 Å². The number of aryl methyl sites for hydroxylation is 1. The largest absolute Gasteiger partial charge is 0.325 e. The number of hydrogen-bond donors (Lipinski definition) is 2. The Balaban J connectivity index is 1.85. The van der Waals surface area contributed by atoms with Crippen LogP contribution in [0.4, 0.5) is 14.9 Å². The molecule has 2 N–H and O–H groups in total. The highest BCUT2D eigenvalue weighted by Crippen LogP contribution is 2.21. The number of nitrogens with zero attached hydrogens (tertiary/aromatic N) is 2. The van der Waals surface area contributed by atoms with Crippen molar-refractivity contribution in [2.75, 3.05) is 5.32 Å². The molecule has 0 bridgehead atoms. The van der Waals surface area contributed by atoms with Gasteiger partial charge >= 0.3 is 6.03 Å². The van der Waals surface area contributed by atoms with E-state index in [0.29, 0.717) is 5.69 Å². The van der Waals surface area contributed by atoms with Crippen LogP contribution in [0.2, 0.25) is 0 Å². The zero-order valence-corrected chi connectivity index (χ0v) is 13.6. The number of hydrogen-bond acceptors (Lipinski definition) is 3. The second-order valence-electron chi connectivity index (χ2n) is 5.56. The van der Waals surface area contributed by atoms with E-state index in [1.54, 1.807) is 6.20 Å². The summed E-state index contributed by atoms with van der Waals surface area (Å²) in [4.78, 5) is 20.4. The van der Waals surface area contributed by atoms with Gasteiger partial charge in [-0.05, 0) is 30.7 Å². The zero-order chi connectivity index (χ0) is 17.6. The SMILES string of the molecule is Cc1cccc([C@@H](NC(=O)Nc2ccncc2F)c2ccccn2)c1. The predicted molar refractivity (Wildman–Crippen MR) is 93.6 cm³/mol. The fourth-order valence-electron chi connectivity index (χ4n) is 2.49. The van der Waals surface area contributed by atoms with Crippen LogP contribution in [0, 0.1) is 12.7 Å². The van der Waals surface area contributed by atoms with Crippen molar-refractivity contribution in [1.82, 2.24) is 15.3 Å². The average molecular weight is 336 g/mol. The van der Waals surface area contributed by atoms with E-state index in [-0.39, 0.29) is 5.69 Å². The molecule has 0 aliphatic heterocycles. The number of pyridine rings is 2. The summed E-state index contributed by atoms with van der Waals surface area (Å²) in [5.74, 6) is -0.595. The number of urea groups is 1. The summed E-state index contributed by atoms with van der Waals surface area (Å²) in [6.07, 6.45) is 4.13. The Morgan fingerprint density at radius 3 is 2.72 bits per heavy atom. The van der Waals surface area contributed by atoms with Gasteiger partial charge in [-0.25, -0.2) is 9.18 Å². The van der Waals surface area contributed by atoms with Crippen molar-refractivity contribution in [2.45, 2.75) is 13.0 Å². The van der Waals surface area contributed by atoms with Crippen LogP contribution in [-0.2, 0) is 0 Å². The van der Waals surface area contributed by atoms with Crippen LogP contribution in [0.15, 0.2) is 67.1 Å². The molecule has 0 saturated carbocycles. The third-order valence-corrected chi connectivity index (χ3v) is 3.66. The van der Waals surface area contributed by atoms with Crippen molar-refractivity contribution in [3.63, 3.8) is 0 Å². The Labute approximate surface area is 145 Å². The lowest BCUT2D eigenvalue weighted by Crippen LogP contribution is -2.34. The Hall–Kier alpha value is -3.28. The normalized spacial score (nSPS) is 11.6. The van der Waals surface area contributed by atoms with E-state index in [1.807, 2.05) is 49.4 Å². The summed E-state index contributed by atoms with van der Waals surface area (Å²) in [7, 11) is 0. The minimum absolute atomic E-state index is 0.0662. The van der Waals surface area contributed by atoms with E-state index in [0.717, 1.165) is 17.3 Å². The first kappa shape index (κ1) is 16.6. The van der Waals surface area contributed by atoms with Gasteiger partial charge in [-0.3, -0.25) is 9.97 Å². The second kappa shape index (κ2) is 7.53. The van der Waals surface area contributed by atoms with Crippen LogP contribution in [0.25, 0.3) is 0 Å². The fourth-order valence-corrected chi connectivity index (χ4v) is 2.49. The molecule has 1 atom stereocenters. The highest BCUT2D eigenvalue weighted by atomic mass is 19.1. The number of amides is 2. The van der Waals surface area contributed by atoms with Crippen molar-refractivity contribution in [3.05, 3.63) is 89.8 Å². The van der Waals surface area contributed by atoms with Crippen molar-refractivity contribution >= 4 is 11.7 Å². The fraction of sp³-hybridized carbons (Fsp3) is 0.105. The number of carbonyl (C=O) groups is 1. The molecule has 6 heteroatoms. The molecule has 0 radical (unpaired) electrons. The number of halogens is 1. The minimum atomic E-state index is -0.595. The standard InChI is InChI=1S/C19H17FN4O/c1-13-5-4-6-14(11-13)18(17-7-2-3-9-22-17)24-19(25)23-16-8-10-21-12-15(16)20/h2-12,18H,1H3,(H2,21,23,24,25)/t18-/m1/s1. The van der Waals surface area contributed by atoms with Crippen LogP contribution >= 0.6 is 0 Å². The van der Waals surface area contributed by atoms with Crippen molar-refractivity contribution < 1.29 is 9.18 Å². The molecular weight excluding hydrogens is 319 g/mol. The topological polar surface area (TPSA) is 66.9 Å². The van der Waals surface area contributed by atoms with Crippen LogP contribution in [0.5, 0.6) is 0 Å². The number of benzene rings is 1. The third-order valence-electron chi connectivity index (χ3n) is 3.66. The molecule has 0 saturated heterocycles. The summed E-state index contributed by atoms with van der Waals surface area (Å²) in [5, 5.41) is 5.35. The highest BCUT2D eigenvalue weighted by Gasteiger charge is 2.18. The summed E-state index contributed by atoms with van der Waals surface area (Å²) in [6.45, 7) is 1.98. The first-order valence-corrected chi connectivity index (χ1v) is 7.78. The van der Waals surface area contributed by atoms with Crippen molar-refractivity contribution in [1.29, 1.82) is 0 Å². The maximum Gasteiger partial charge on any atom is 0.320 e. The molecule has 2 amide bonds. The Bertz CT molecular complexity index is 870. The Morgan fingerprint density at radius 1 is 1.12 bits per heavy atom. The number of anilines is 1. The molecule has 25 heavy (non-hydrogen) atoms. The van der Waals surface area contributed by atoms with Gasteiger partial charge in [0.1, 0.15) is 0 Å². The highest BCUT2D eigenvalue weighted by molar-refractivity contribution is 5.89. The summed E-state index contributed by atoms with van der Waals surface area (Å²) < 4.78 is 13.7. The molecule has 0 unspecified atom stereocenters. The van der Waals surface area contributed by atoms with Gasteiger partial charge in [0.05, 0.1) is 23.6 Å². The quantitative estimate of drug-likeness (QED) is 0.761. The minimum Gasteiger partial charge on any atom is -0.325 e. The maximum atomic E-state index is 13.7. The molecule has 3 rings (SSSR count). The Kier molecular flexibility index (Phi) is 4.99. The zero-order valence-electron chi connectivity index (χ0n) is 13.6. The lowest BCUT2D eigenvalue weighted by atomic mass is 10.0. The number of rotatable bonds is 4. The van der Waals surface area contributed by atoms with E-state index in [4.69, 9.17) is 0 Å². The lowest BCUT2D eigenvalue weighted by Gasteiger charge is -2.19. The van der Waals surface area contributed by atoms with Gasteiger partial charge in [0.25, 0.3) is 0 Å². The van der Waals surface area contributed by atoms with Crippen molar-refractivity contribution in [3.8, 4) is 0 Å². The predicted octanol–water partition coefficient (Wildman–Crippen LogP) is 3.84. The average Bonchev–Trinajstić information content (AvgIpc) is 2.62. The smallest absolute Gasteiger partial charge is 0.320 e.